The minimum Gasteiger partial charge on any atom is -0.400 e. The summed E-state index contributed by atoms with van der Waals surface area (Å²) < 4.78 is 25.1. The molecule has 1 aromatic rings. The zero-order valence-corrected chi connectivity index (χ0v) is 11.6. The highest BCUT2D eigenvalue weighted by Gasteiger charge is 2.49. The van der Waals surface area contributed by atoms with Crippen molar-refractivity contribution < 1.29 is 13.7 Å². The van der Waals surface area contributed by atoms with Gasteiger partial charge in [0.15, 0.2) is 0 Å². The van der Waals surface area contributed by atoms with Crippen LogP contribution >= 0.6 is 0 Å². The Hall–Kier alpha value is -1.40. The first kappa shape index (κ1) is 14.0. The van der Waals surface area contributed by atoms with Crippen molar-refractivity contribution in [2.45, 2.75) is 38.9 Å². The molecule has 0 amide bonds. The van der Waals surface area contributed by atoms with E-state index in [1.54, 1.807) is 24.2 Å². The van der Waals surface area contributed by atoms with Crippen LogP contribution in [-0.4, -0.2) is 23.3 Å². The largest absolute Gasteiger partial charge is 0.487 e. The number of anilines is 1. The third-order valence-electron chi connectivity index (χ3n) is 3.60. The molecule has 1 saturated heterocycles. The van der Waals surface area contributed by atoms with Crippen LogP contribution in [0.5, 0.6) is 0 Å². The minimum atomic E-state index is -0.604. The standard InChI is InChI=1S/C13H18BFN2O2/c1-12(2)13(3,4)19-14(18-12)8-7-9-5-6-10(16)17-11(9)15/h5-8H,1-4H3,(H2,16,17)/b8-7+. The van der Waals surface area contributed by atoms with Gasteiger partial charge in [0.05, 0.1) is 11.2 Å². The van der Waals surface area contributed by atoms with Gasteiger partial charge in [-0.15, -0.1) is 0 Å². The van der Waals surface area contributed by atoms with Gasteiger partial charge < -0.3 is 15.0 Å². The van der Waals surface area contributed by atoms with Gasteiger partial charge >= 0.3 is 7.12 Å². The fraction of sp³-hybridized carbons (Fsp3) is 0.462. The molecule has 0 aromatic carbocycles. The average molecular weight is 264 g/mol. The van der Waals surface area contributed by atoms with E-state index in [1.807, 2.05) is 27.7 Å². The third kappa shape index (κ3) is 2.79. The molecule has 1 aliphatic heterocycles. The molecular weight excluding hydrogens is 246 g/mol. The number of aromatic nitrogens is 1. The molecule has 2 rings (SSSR count). The molecule has 1 aromatic heterocycles. The van der Waals surface area contributed by atoms with Crippen LogP contribution in [0.4, 0.5) is 10.2 Å². The first-order valence-electron chi connectivity index (χ1n) is 6.17. The third-order valence-corrected chi connectivity index (χ3v) is 3.60. The first-order chi connectivity index (χ1) is 8.71. The molecule has 0 radical (unpaired) electrons. The van der Waals surface area contributed by atoms with Crippen molar-refractivity contribution in [1.82, 2.24) is 4.98 Å². The summed E-state index contributed by atoms with van der Waals surface area (Å²) in [5.41, 5.74) is 4.94. The fourth-order valence-corrected chi connectivity index (χ4v) is 1.73. The Morgan fingerprint density at radius 1 is 1.21 bits per heavy atom. The summed E-state index contributed by atoms with van der Waals surface area (Å²) in [5, 5.41) is 0. The number of hydrogen-bond acceptors (Lipinski definition) is 4. The summed E-state index contributed by atoms with van der Waals surface area (Å²) in [6.07, 6.45) is 1.59. The van der Waals surface area contributed by atoms with Crippen LogP contribution in [0.15, 0.2) is 18.1 Å². The van der Waals surface area contributed by atoms with E-state index in [2.05, 4.69) is 4.98 Å². The fourth-order valence-electron chi connectivity index (χ4n) is 1.73. The molecule has 0 aliphatic carbocycles. The lowest BCUT2D eigenvalue weighted by Crippen LogP contribution is -2.41. The minimum absolute atomic E-state index is 0.158. The predicted molar refractivity (Wildman–Crippen MR) is 73.7 cm³/mol. The van der Waals surface area contributed by atoms with E-state index in [0.29, 0.717) is 5.56 Å². The van der Waals surface area contributed by atoms with Gasteiger partial charge in [-0.2, -0.15) is 4.39 Å². The van der Waals surface area contributed by atoms with E-state index in [1.165, 1.54) is 0 Å². The van der Waals surface area contributed by atoms with Crippen molar-refractivity contribution in [3.05, 3.63) is 29.6 Å². The summed E-state index contributed by atoms with van der Waals surface area (Å²) in [7, 11) is -0.498. The summed E-state index contributed by atoms with van der Waals surface area (Å²) in [6, 6.07) is 3.12. The Morgan fingerprint density at radius 3 is 2.32 bits per heavy atom. The quantitative estimate of drug-likeness (QED) is 0.658. The van der Waals surface area contributed by atoms with Crippen LogP contribution < -0.4 is 5.73 Å². The van der Waals surface area contributed by atoms with Gasteiger partial charge in [-0.3, -0.25) is 0 Å². The maximum absolute atomic E-state index is 13.5. The highest BCUT2D eigenvalue weighted by molar-refractivity contribution is 6.52. The van der Waals surface area contributed by atoms with Crippen molar-refractivity contribution >= 4 is 19.0 Å². The van der Waals surface area contributed by atoms with Crippen LogP contribution in [0.1, 0.15) is 33.3 Å². The van der Waals surface area contributed by atoms with Gasteiger partial charge in [-0.25, -0.2) is 4.98 Å². The number of halogens is 1. The Balaban J connectivity index is 2.13. The topological polar surface area (TPSA) is 57.4 Å². The van der Waals surface area contributed by atoms with Gasteiger partial charge in [0.25, 0.3) is 0 Å². The number of rotatable bonds is 2. The number of nitrogens with two attached hydrogens (primary N) is 1. The van der Waals surface area contributed by atoms with Gasteiger partial charge in [-0.05, 0) is 39.8 Å². The number of pyridine rings is 1. The van der Waals surface area contributed by atoms with Crippen molar-refractivity contribution in [2.24, 2.45) is 0 Å². The average Bonchev–Trinajstić information content (AvgIpc) is 2.46. The molecule has 4 nitrogen and oxygen atoms in total. The van der Waals surface area contributed by atoms with E-state index in [9.17, 15) is 4.39 Å². The van der Waals surface area contributed by atoms with Crippen LogP contribution in [0.25, 0.3) is 6.08 Å². The van der Waals surface area contributed by atoms with Crippen molar-refractivity contribution in [1.29, 1.82) is 0 Å². The molecule has 0 atom stereocenters. The Kier molecular flexibility index (Phi) is 3.41. The second-order valence-electron chi connectivity index (χ2n) is 5.60. The summed E-state index contributed by atoms with van der Waals surface area (Å²) in [4.78, 5) is 3.55. The van der Waals surface area contributed by atoms with Crippen molar-refractivity contribution in [3.63, 3.8) is 0 Å². The molecule has 1 aliphatic rings. The second-order valence-corrected chi connectivity index (χ2v) is 5.60. The lowest BCUT2D eigenvalue weighted by atomic mass is 9.89. The number of nitrogens with zero attached hydrogens (tertiary/aromatic N) is 1. The van der Waals surface area contributed by atoms with Crippen LogP contribution in [-0.2, 0) is 9.31 Å². The molecule has 0 unspecified atom stereocenters. The first-order valence-corrected chi connectivity index (χ1v) is 6.17. The molecule has 0 spiro atoms. The zero-order valence-electron chi connectivity index (χ0n) is 11.6. The molecule has 19 heavy (non-hydrogen) atoms. The van der Waals surface area contributed by atoms with Crippen LogP contribution in [0.3, 0.4) is 0 Å². The highest BCUT2D eigenvalue weighted by atomic mass is 19.1. The molecule has 102 valence electrons. The molecular formula is C13H18BFN2O2. The molecule has 0 bridgehead atoms. The highest BCUT2D eigenvalue weighted by Crippen LogP contribution is 2.37. The summed E-state index contributed by atoms with van der Waals surface area (Å²) in [6.45, 7) is 7.86. The van der Waals surface area contributed by atoms with Crippen molar-refractivity contribution in [2.75, 3.05) is 5.73 Å². The van der Waals surface area contributed by atoms with Crippen LogP contribution in [0.2, 0.25) is 0 Å². The molecule has 2 N–H and O–H groups in total. The monoisotopic (exact) mass is 264 g/mol. The van der Waals surface area contributed by atoms with Crippen molar-refractivity contribution in [3.8, 4) is 0 Å². The van der Waals surface area contributed by atoms with Gasteiger partial charge in [0.2, 0.25) is 5.95 Å². The van der Waals surface area contributed by atoms with E-state index >= 15 is 0 Å². The normalized spacial score (nSPS) is 21.2. The maximum atomic E-state index is 13.5. The Bertz CT molecular complexity index is 501. The molecule has 2 heterocycles. The van der Waals surface area contributed by atoms with Crippen LogP contribution in [0, 0.1) is 5.95 Å². The Labute approximate surface area is 113 Å². The lowest BCUT2D eigenvalue weighted by Gasteiger charge is -2.32. The van der Waals surface area contributed by atoms with E-state index in [-0.39, 0.29) is 5.82 Å². The summed E-state index contributed by atoms with van der Waals surface area (Å²) >= 11 is 0. The van der Waals surface area contributed by atoms with Gasteiger partial charge in [-0.1, -0.05) is 12.1 Å². The van der Waals surface area contributed by atoms with Gasteiger partial charge in [0.1, 0.15) is 5.82 Å². The SMILES string of the molecule is CC1(C)OB(/C=C/c2ccc(N)nc2F)OC1(C)C. The van der Waals surface area contributed by atoms with Gasteiger partial charge in [0, 0.05) is 5.56 Å². The summed E-state index contributed by atoms with van der Waals surface area (Å²) in [5.74, 6) is 1.23. The molecule has 0 saturated carbocycles. The molecule has 6 heteroatoms. The number of nitrogen functional groups attached to an aromatic ring is 1. The lowest BCUT2D eigenvalue weighted by molar-refractivity contribution is 0.00578. The van der Waals surface area contributed by atoms with E-state index in [0.717, 1.165) is 0 Å². The van der Waals surface area contributed by atoms with E-state index < -0.39 is 24.3 Å². The predicted octanol–water partition coefficient (Wildman–Crippen LogP) is 2.45. The Morgan fingerprint density at radius 2 is 1.79 bits per heavy atom. The number of hydrogen-bond donors (Lipinski definition) is 1. The maximum Gasteiger partial charge on any atom is 0.487 e. The van der Waals surface area contributed by atoms with E-state index in [4.69, 9.17) is 15.0 Å². The molecule has 1 fully saturated rings. The smallest absolute Gasteiger partial charge is 0.400 e. The zero-order chi connectivity index (χ0) is 14.3. The second kappa shape index (κ2) is 4.61.